The summed E-state index contributed by atoms with van der Waals surface area (Å²) in [6, 6.07) is 54.0. The molecule has 0 spiro atoms. The number of hydrogen-bond acceptors (Lipinski definition) is 3. The summed E-state index contributed by atoms with van der Waals surface area (Å²) in [7, 11) is 0. The van der Waals surface area contributed by atoms with Crippen LogP contribution in [-0.2, 0) is 0 Å². The Balaban J connectivity index is 1.30. The Labute approximate surface area is 385 Å². The van der Waals surface area contributed by atoms with Gasteiger partial charge in [0.15, 0.2) is 0 Å². The quantitative estimate of drug-likeness (QED) is 0.140. The molecular formula is C60H58BN3O. The lowest BCUT2D eigenvalue weighted by atomic mass is 9.34. The van der Waals surface area contributed by atoms with E-state index in [0.29, 0.717) is 5.56 Å². The second-order valence-electron chi connectivity index (χ2n) is 18.8. The van der Waals surface area contributed by atoms with Crippen molar-refractivity contribution < 1.29 is 5.11 Å². The summed E-state index contributed by atoms with van der Waals surface area (Å²) in [6.07, 6.45) is 0. The molecule has 9 rings (SSSR count). The number of para-hydroxylation sites is 3. The maximum absolute atomic E-state index is 11.4. The van der Waals surface area contributed by atoms with Crippen molar-refractivity contribution in [2.45, 2.75) is 81.1 Å². The predicted molar refractivity (Wildman–Crippen MR) is 276 cm³/mol. The third-order valence-electron chi connectivity index (χ3n) is 13.1. The maximum Gasteiger partial charge on any atom is 0.242 e. The zero-order valence-corrected chi connectivity index (χ0v) is 39.5. The van der Waals surface area contributed by atoms with Gasteiger partial charge >= 0.3 is 0 Å². The van der Waals surface area contributed by atoms with Crippen LogP contribution in [0.2, 0.25) is 0 Å². The molecule has 2 heterocycles. The van der Waals surface area contributed by atoms with Crippen LogP contribution in [0.4, 0.5) is 0 Å². The van der Waals surface area contributed by atoms with E-state index in [1.807, 2.05) is 18.2 Å². The minimum Gasteiger partial charge on any atom is -0.507 e. The number of aromatic nitrogens is 3. The van der Waals surface area contributed by atoms with E-state index in [1.54, 1.807) is 6.07 Å². The van der Waals surface area contributed by atoms with Gasteiger partial charge in [-0.1, -0.05) is 175 Å². The molecule has 4 nitrogen and oxygen atoms in total. The van der Waals surface area contributed by atoms with Gasteiger partial charge in [0.2, 0.25) is 6.71 Å². The molecule has 0 amide bonds. The van der Waals surface area contributed by atoms with Gasteiger partial charge in [0, 0.05) is 16.7 Å². The lowest BCUT2D eigenvalue weighted by molar-refractivity contribution is 0.477. The molecule has 1 N–H and O–H groups in total. The van der Waals surface area contributed by atoms with Crippen molar-refractivity contribution in [2.75, 3.05) is 0 Å². The summed E-state index contributed by atoms with van der Waals surface area (Å²) in [4.78, 5) is 10.8. The number of phenolic OH excluding ortho intramolecular Hbond substituents is 1. The largest absolute Gasteiger partial charge is 0.507 e. The molecule has 0 aliphatic rings. The van der Waals surface area contributed by atoms with Crippen molar-refractivity contribution in [3.8, 4) is 56.5 Å². The highest BCUT2D eigenvalue weighted by Gasteiger charge is 2.30. The van der Waals surface area contributed by atoms with Crippen LogP contribution in [0.1, 0.15) is 84.0 Å². The molecule has 65 heavy (non-hydrogen) atoms. The van der Waals surface area contributed by atoms with Gasteiger partial charge in [-0.25, -0.2) is 9.97 Å². The summed E-state index contributed by atoms with van der Waals surface area (Å²) in [5.74, 6) is 1.59. The molecule has 0 radical (unpaired) electrons. The number of rotatable bonds is 10. The van der Waals surface area contributed by atoms with E-state index in [2.05, 4.69) is 201 Å². The van der Waals surface area contributed by atoms with Crippen LogP contribution in [0.25, 0.3) is 61.8 Å². The lowest BCUT2D eigenvalue weighted by Crippen LogP contribution is -2.56. The number of phenols is 1. The first-order valence-electron chi connectivity index (χ1n) is 23.0. The summed E-state index contributed by atoms with van der Waals surface area (Å²) < 4.78 is 2.41. The molecule has 0 fully saturated rings. The van der Waals surface area contributed by atoms with E-state index in [0.717, 1.165) is 44.8 Å². The van der Waals surface area contributed by atoms with E-state index in [1.165, 1.54) is 72.2 Å². The molecule has 0 bridgehead atoms. The Kier molecular flexibility index (Phi) is 11.7. The van der Waals surface area contributed by atoms with E-state index < -0.39 is 0 Å². The highest BCUT2D eigenvalue weighted by molar-refractivity contribution is 6.96. The predicted octanol–water partition coefficient (Wildman–Crippen LogP) is 13.4. The van der Waals surface area contributed by atoms with Crippen LogP contribution in [0.3, 0.4) is 0 Å². The number of nitrogens with zero attached hydrogens (tertiary/aromatic N) is 3. The average molecular weight is 848 g/mol. The van der Waals surface area contributed by atoms with Crippen molar-refractivity contribution in [3.05, 3.63) is 196 Å². The SMILES string of the molecule is Cc1cc(C)c(B(c2cc(-c3cccc(-c4nc5ccccc5n4-c4c(C(C)C)cc(-c5ccccc5)cc4C(C)C)c3)nc(-c3ccccc3O)c2)c2c(C)cc(C)cc2C)c(C)c1. The Bertz CT molecular complexity index is 3120. The molecule has 5 heteroatoms. The fourth-order valence-electron chi connectivity index (χ4n) is 10.3. The van der Waals surface area contributed by atoms with Gasteiger partial charge < -0.3 is 5.11 Å². The van der Waals surface area contributed by atoms with E-state index >= 15 is 0 Å². The first-order chi connectivity index (χ1) is 31.3. The zero-order valence-electron chi connectivity index (χ0n) is 39.5. The van der Waals surface area contributed by atoms with Crippen molar-refractivity contribution in [1.29, 1.82) is 0 Å². The molecule has 0 saturated carbocycles. The number of aryl methyl sites for hydroxylation is 6. The van der Waals surface area contributed by atoms with Gasteiger partial charge in [-0.2, -0.15) is 0 Å². The first kappa shape index (κ1) is 43.3. The van der Waals surface area contributed by atoms with Crippen LogP contribution in [0.15, 0.2) is 152 Å². The Morgan fingerprint density at radius 3 is 1.60 bits per heavy atom. The van der Waals surface area contributed by atoms with Crippen LogP contribution in [0, 0.1) is 41.5 Å². The average Bonchev–Trinajstić information content (AvgIpc) is 3.67. The number of hydrogen-bond donors (Lipinski definition) is 1. The van der Waals surface area contributed by atoms with Gasteiger partial charge in [-0.05, 0) is 130 Å². The topological polar surface area (TPSA) is 50.9 Å². The Hall–Kier alpha value is -6.98. The third-order valence-corrected chi connectivity index (χ3v) is 13.1. The number of fused-ring (bicyclic) bond motifs is 1. The zero-order chi connectivity index (χ0) is 45.7. The molecule has 7 aromatic carbocycles. The highest BCUT2D eigenvalue weighted by Crippen LogP contribution is 2.41. The summed E-state index contributed by atoms with van der Waals surface area (Å²) >= 11 is 0. The Morgan fingerprint density at radius 2 is 1.00 bits per heavy atom. The third kappa shape index (κ3) is 8.21. The van der Waals surface area contributed by atoms with E-state index in [4.69, 9.17) is 9.97 Å². The number of pyridine rings is 1. The molecule has 9 aromatic rings. The van der Waals surface area contributed by atoms with Crippen molar-refractivity contribution in [3.63, 3.8) is 0 Å². The Morgan fingerprint density at radius 1 is 0.477 bits per heavy atom. The fourth-order valence-corrected chi connectivity index (χ4v) is 10.3. The van der Waals surface area contributed by atoms with Crippen molar-refractivity contribution in [2.24, 2.45) is 0 Å². The monoisotopic (exact) mass is 847 g/mol. The molecule has 0 atom stereocenters. The number of benzene rings is 7. The molecule has 2 aromatic heterocycles. The van der Waals surface area contributed by atoms with Crippen LogP contribution < -0.4 is 16.4 Å². The molecule has 0 aliphatic carbocycles. The molecule has 322 valence electrons. The first-order valence-corrected chi connectivity index (χ1v) is 23.0. The fraction of sp³-hybridized carbons (Fsp3) is 0.200. The van der Waals surface area contributed by atoms with E-state index in [-0.39, 0.29) is 24.3 Å². The van der Waals surface area contributed by atoms with Crippen molar-refractivity contribution in [1.82, 2.24) is 14.5 Å². The standard InChI is InChI=1S/C60H58BN3O/c1-36(2)50-32-47(44-19-12-11-13-20-44)33-51(37(3)4)59(50)64-55-25-16-15-24-52(55)63-60(64)46-22-18-21-45(31-46)53-34-48(35-54(62-53)49-23-14-17-26-56(49)65)61(57-40(7)27-38(5)28-41(57)8)58-42(9)29-39(6)30-43(58)10/h11-37,65H,1-10H3. The molecule has 0 aliphatic heterocycles. The maximum atomic E-state index is 11.4. The molecule has 0 unspecified atom stereocenters. The summed E-state index contributed by atoms with van der Waals surface area (Å²) in [5, 5.41) is 11.4. The number of imidazole rings is 1. The van der Waals surface area contributed by atoms with Crippen LogP contribution in [-0.4, -0.2) is 26.4 Å². The van der Waals surface area contributed by atoms with Crippen LogP contribution in [0.5, 0.6) is 5.75 Å². The lowest BCUT2D eigenvalue weighted by Gasteiger charge is -2.25. The van der Waals surface area contributed by atoms with E-state index in [9.17, 15) is 5.11 Å². The smallest absolute Gasteiger partial charge is 0.242 e. The van der Waals surface area contributed by atoms with Gasteiger partial charge in [0.1, 0.15) is 11.6 Å². The van der Waals surface area contributed by atoms with Gasteiger partial charge in [0.05, 0.1) is 28.1 Å². The highest BCUT2D eigenvalue weighted by atomic mass is 16.3. The van der Waals surface area contributed by atoms with Crippen molar-refractivity contribution >= 4 is 34.1 Å². The van der Waals surface area contributed by atoms with Gasteiger partial charge in [-0.3, -0.25) is 4.57 Å². The van der Waals surface area contributed by atoms with Gasteiger partial charge in [-0.15, -0.1) is 0 Å². The second-order valence-corrected chi connectivity index (χ2v) is 18.8. The summed E-state index contributed by atoms with van der Waals surface area (Å²) in [6.45, 7) is 22.4. The normalized spacial score (nSPS) is 11.6. The van der Waals surface area contributed by atoms with Gasteiger partial charge in [0.25, 0.3) is 0 Å². The van der Waals surface area contributed by atoms with Crippen LogP contribution >= 0.6 is 0 Å². The summed E-state index contributed by atoms with van der Waals surface area (Å²) in [5.41, 5.74) is 23.7. The minimum absolute atomic E-state index is 0.0855. The molecule has 0 saturated heterocycles. The second kappa shape index (κ2) is 17.5. The number of aromatic hydroxyl groups is 1. The minimum atomic E-state index is -0.0855. The molecular weight excluding hydrogens is 789 g/mol.